The Labute approximate surface area is 124 Å². The second-order valence-corrected chi connectivity index (χ2v) is 7.27. The van der Waals surface area contributed by atoms with Crippen molar-refractivity contribution in [1.29, 1.82) is 0 Å². The van der Waals surface area contributed by atoms with E-state index in [9.17, 15) is 8.42 Å². The molecule has 5 nitrogen and oxygen atoms in total. The molecule has 0 spiro atoms. The van der Waals surface area contributed by atoms with Crippen LogP contribution in [0.25, 0.3) is 0 Å². The third-order valence-electron chi connectivity index (χ3n) is 2.53. The summed E-state index contributed by atoms with van der Waals surface area (Å²) in [5, 5.41) is 10.5. The Bertz CT molecular complexity index is 569. The SMILES string of the molecule is COCCS(=O)(=O)N(C)Cc1csc(C#CCCO)c1. The number of aliphatic hydroxyl groups excluding tert-OH is 1. The monoisotopic (exact) mass is 317 g/mol. The van der Waals surface area contributed by atoms with E-state index in [-0.39, 0.29) is 19.0 Å². The molecule has 20 heavy (non-hydrogen) atoms. The van der Waals surface area contributed by atoms with E-state index in [4.69, 9.17) is 9.84 Å². The maximum absolute atomic E-state index is 11.9. The van der Waals surface area contributed by atoms with Crippen LogP contribution < -0.4 is 0 Å². The van der Waals surface area contributed by atoms with Crippen LogP contribution in [0.4, 0.5) is 0 Å². The van der Waals surface area contributed by atoms with Crippen molar-refractivity contribution in [3.63, 3.8) is 0 Å². The lowest BCUT2D eigenvalue weighted by molar-refractivity contribution is 0.215. The van der Waals surface area contributed by atoms with Gasteiger partial charge in [0, 0.05) is 27.1 Å². The predicted octanol–water partition coefficient (Wildman–Crippen LogP) is 0.890. The van der Waals surface area contributed by atoms with E-state index in [1.807, 2.05) is 11.4 Å². The molecule has 0 amide bonds. The Morgan fingerprint density at radius 3 is 2.90 bits per heavy atom. The molecule has 0 saturated heterocycles. The molecule has 112 valence electrons. The molecule has 1 aromatic heterocycles. The van der Waals surface area contributed by atoms with Crippen LogP contribution >= 0.6 is 11.3 Å². The molecule has 0 unspecified atom stereocenters. The first kappa shape index (κ1) is 17.1. The summed E-state index contributed by atoms with van der Waals surface area (Å²) in [4.78, 5) is 0.871. The lowest BCUT2D eigenvalue weighted by atomic mass is 10.3. The summed E-state index contributed by atoms with van der Waals surface area (Å²) >= 11 is 1.47. The van der Waals surface area contributed by atoms with Crippen LogP contribution in [-0.4, -0.2) is 51.0 Å². The number of sulfonamides is 1. The topological polar surface area (TPSA) is 66.8 Å². The summed E-state index contributed by atoms with van der Waals surface area (Å²) in [6.45, 7) is 0.560. The molecule has 1 aromatic rings. The maximum Gasteiger partial charge on any atom is 0.216 e. The van der Waals surface area contributed by atoms with Crippen LogP contribution in [0.5, 0.6) is 0 Å². The Morgan fingerprint density at radius 1 is 1.50 bits per heavy atom. The van der Waals surface area contributed by atoms with Crippen molar-refractivity contribution in [2.24, 2.45) is 0 Å². The lowest BCUT2D eigenvalue weighted by Crippen LogP contribution is -2.30. The molecule has 0 aromatic carbocycles. The van der Waals surface area contributed by atoms with Crippen LogP contribution in [0.3, 0.4) is 0 Å². The Hall–Kier alpha value is -0.910. The summed E-state index contributed by atoms with van der Waals surface area (Å²) in [5.74, 6) is 5.75. The minimum Gasteiger partial charge on any atom is -0.395 e. The first-order valence-corrected chi connectivity index (χ1v) is 8.58. The fourth-order valence-electron chi connectivity index (χ4n) is 1.43. The number of ether oxygens (including phenoxy) is 1. The number of aliphatic hydroxyl groups is 1. The van der Waals surface area contributed by atoms with Gasteiger partial charge in [-0.25, -0.2) is 12.7 Å². The Kier molecular flexibility index (Phi) is 7.19. The van der Waals surface area contributed by atoms with Gasteiger partial charge in [0.05, 0.1) is 23.8 Å². The van der Waals surface area contributed by atoms with Crippen molar-refractivity contribution in [3.8, 4) is 11.8 Å². The van der Waals surface area contributed by atoms with Crippen molar-refractivity contribution in [3.05, 3.63) is 21.9 Å². The van der Waals surface area contributed by atoms with E-state index in [0.717, 1.165) is 10.4 Å². The number of methoxy groups -OCH3 is 1. The minimum absolute atomic E-state index is 0.0205. The van der Waals surface area contributed by atoms with Gasteiger partial charge in [0.15, 0.2) is 0 Å². The molecule has 1 heterocycles. The molecule has 7 heteroatoms. The van der Waals surface area contributed by atoms with Crippen LogP contribution in [0.15, 0.2) is 11.4 Å². The molecule has 1 N–H and O–H groups in total. The average Bonchev–Trinajstić information content (AvgIpc) is 2.84. The van der Waals surface area contributed by atoms with Crippen LogP contribution in [0, 0.1) is 11.8 Å². The molecule has 0 atom stereocenters. The highest BCUT2D eigenvalue weighted by atomic mass is 32.2. The molecule has 0 bridgehead atoms. The van der Waals surface area contributed by atoms with Crippen molar-refractivity contribution >= 4 is 21.4 Å². The van der Waals surface area contributed by atoms with Crippen molar-refractivity contribution < 1.29 is 18.3 Å². The predicted molar refractivity (Wildman–Crippen MR) is 80.0 cm³/mol. The van der Waals surface area contributed by atoms with Gasteiger partial charge in [-0.2, -0.15) is 0 Å². The number of hydrogen-bond acceptors (Lipinski definition) is 5. The highest BCUT2D eigenvalue weighted by Crippen LogP contribution is 2.16. The maximum atomic E-state index is 11.9. The zero-order valence-electron chi connectivity index (χ0n) is 11.6. The van der Waals surface area contributed by atoms with Gasteiger partial charge < -0.3 is 9.84 Å². The summed E-state index contributed by atoms with van der Waals surface area (Å²) in [6.07, 6.45) is 0.443. The smallest absolute Gasteiger partial charge is 0.216 e. The molecule has 1 rings (SSSR count). The van der Waals surface area contributed by atoms with Gasteiger partial charge in [0.2, 0.25) is 10.0 Å². The zero-order chi connectivity index (χ0) is 15.0. The molecular formula is C13H19NO4S2. The number of thiophene rings is 1. The first-order valence-electron chi connectivity index (χ1n) is 6.09. The van der Waals surface area contributed by atoms with Gasteiger partial charge >= 0.3 is 0 Å². The third-order valence-corrected chi connectivity index (χ3v) is 5.18. The van der Waals surface area contributed by atoms with E-state index in [1.165, 1.54) is 22.8 Å². The molecule has 0 aliphatic rings. The Morgan fingerprint density at radius 2 is 2.25 bits per heavy atom. The van der Waals surface area contributed by atoms with E-state index in [0.29, 0.717) is 13.0 Å². The lowest BCUT2D eigenvalue weighted by Gasteiger charge is -2.15. The van der Waals surface area contributed by atoms with Gasteiger partial charge in [0.1, 0.15) is 0 Å². The van der Waals surface area contributed by atoms with Crippen molar-refractivity contribution in [1.82, 2.24) is 4.31 Å². The standard InChI is InChI=1S/C13H19NO4S2/c1-14(20(16,17)8-7-18-2)10-12-9-13(19-11-12)5-3-4-6-15/h9,11,15H,4,6-8,10H2,1-2H3. The van der Waals surface area contributed by atoms with Gasteiger partial charge in [-0.3, -0.25) is 0 Å². The van der Waals surface area contributed by atoms with Gasteiger partial charge in [0.25, 0.3) is 0 Å². The molecule has 0 fully saturated rings. The Balaban J connectivity index is 2.63. The van der Waals surface area contributed by atoms with E-state index in [1.54, 1.807) is 7.05 Å². The first-order chi connectivity index (χ1) is 9.49. The molecule has 0 aliphatic carbocycles. The van der Waals surface area contributed by atoms with E-state index >= 15 is 0 Å². The molecule has 0 radical (unpaired) electrons. The van der Waals surface area contributed by atoms with Gasteiger partial charge in [-0.1, -0.05) is 11.8 Å². The molecule has 0 aliphatic heterocycles. The number of hydrogen-bond donors (Lipinski definition) is 1. The normalized spacial score (nSPS) is 11.4. The summed E-state index contributed by atoms with van der Waals surface area (Å²) in [5.41, 5.74) is 0.909. The zero-order valence-corrected chi connectivity index (χ0v) is 13.3. The number of nitrogens with zero attached hydrogens (tertiary/aromatic N) is 1. The number of rotatable bonds is 7. The summed E-state index contributed by atoms with van der Waals surface area (Å²) < 4.78 is 29.9. The minimum atomic E-state index is -3.29. The fourth-order valence-corrected chi connectivity index (χ4v) is 3.24. The molecular weight excluding hydrogens is 298 g/mol. The van der Waals surface area contributed by atoms with Crippen LogP contribution in [0.2, 0.25) is 0 Å². The third kappa shape index (κ3) is 5.61. The molecule has 0 saturated carbocycles. The second-order valence-electron chi connectivity index (χ2n) is 4.16. The van der Waals surface area contributed by atoms with Crippen molar-refractivity contribution in [2.45, 2.75) is 13.0 Å². The quantitative estimate of drug-likeness (QED) is 0.759. The van der Waals surface area contributed by atoms with Crippen molar-refractivity contribution in [2.75, 3.05) is 33.1 Å². The van der Waals surface area contributed by atoms with Gasteiger partial charge in [-0.15, -0.1) is 11.3 Å². The largest absolute Gasteiger partial charge is 0.395 e. The summed E-state index contributed by atoms with van der Waals surface area (Å²) in [6, 6.07) is 1.87. The van der Waals surface area contributed by atoms with Crippen LogP contribution in [0.1, 0.15) is 16.9 Å². The highest BCUT2D eigenvalue weighted by molar-refractivity contribution is 7.89. The van der Waals surface area contributed by atoms with Gasteiger partial charge in [-0.05, 0) is 17.0 Å². The highest BCUT2D eigenvalue weighted by Gasteiger charge is 2.18. The van der Waals surface area contributed by atoms with Crippen LogP contribution in [-0.2, 0) is 21.3 Å². The average molecular weight is 317 g/mol. The fraction of sp³-hybridized carbons (Fsp3) is 0.538. The summed E-state index contributed by atoms with van der Waals surface area (Å²) in [7, 11) is -0.255. The van der Waals surface area contributed by atoms with E-state index < -0.39 is 10.0 Å². The van der Waals surface area contributed by atoms with E-state index in [2.05, 4.69) is 11.8 Å². The second kappa shape index (κ2) is 8.39.